The number of carbonyl (C=O) groups is 2. The summed E-state index contributed by atoms with van der Waals surface area (Å²) in [6, 6.07) is 10.7. The molecule has 1 aromatic carbocycles. The molecule has 6 nitrogen and oxygen atoms in total. The first-order valence-corrected chi connectivity index (χ1v) is 7.88. The monoisotopic (exact) mass is 326 g/mol. The molecule has 1 fully saturated rings. The number of pyridine rings is 1. The molecule has 0 bridgehead atoms. The Morgan fingerprint density at radius 1 is 0.917 bits per heavy atom. The Hall–Kier alpha value is -2.89. The highest BCUT2D eigenvalue weighted by Crippen LogP contribution is 2.16. The Bertz CT molecular complexity index is 708. The average molecular weight is 326 g/mol. The molecule has 1 aromatic heterocycles. The van der Waals surface area contributed by atoms with E-state index in [2.05, 4.69) is 14.6 Å². The molecule has 2 heterocycles. The van der Waals surface area contributed by atoms with Crippen molar-refractivity contribution in [3.63, 3.8) is 0 Å². The molecule has 124 valence electrons. The third-order valence-corrected chi connectivity index (χ3v) is 4.19. The zero-order valence-corrected chi connectivity index (χ0v) is 13.6. The lowest BCUT2D eigenvalue weighted by molar-refractivity contribution is -0.377. The number of benzene rings is 1. The maximum absolute atomic E-state index is 12.6. The third kappa shape index (κ3) is 3.37. The van der Waals surface area contributed by atoms with Gasteiger partial charge in [0.25, 0.3) is 5.91 Å². The highest BCUT2D eigenvalue weighted by Gasteiger charge is 2.22. The first-order chi connectivity index (χ1) is 11.7. The SMILES string of the molecule is COC(=O)c1ccc(C(=O)N2CCN(c3cc[nH+]cc3)CC2)cc1. The number of rotatable bonds is 3. The average Bonchev–Trinajstić information content (AvgIpc) is 2.68. The van der Waals surface area contributed by atoms with Gasteiger partial charge in [-0.1, -0.05) is 0 Å². The minimum atomic E-state index is -0.400. The Morgan fingerprint density at radius 2 is 1.50 bits per heavy atom. The lowest BCUT2D eigenvalue weighted by Gasteiger charge is -2.35. The molecule has 1 saturated heterocycles. The van der Waals surface area contributed by atoms with E-state index in [9.17, 15) is 9.59 Å². The van der Waals surface area contributed by atoms with E-state index in [1.807, 2.05) is 29.4 Å². The summed E-state index contributed by atoms with van der Waals surface area (Å²) in [5, 5.41) is 0. The standard InChI is InChI=1S/C18H19N3O3/c1-24-18(23)15-4-2-14(3-5-15)17(22)21-12-10-20(11-13-21)16-6-8-19-9-7-16/h2-9H,10-13H2,1H3/p+1. The molecule has 1 aliphatic heterocycles. The van der Waals surface area contributed by atoms with Crippen LogP contribution in [-0.4, -0.2) is 50.1 Å². The molecule has 0 aliphatic carbocycles. The molecule has 0 radical (unpaired) electrons. The fourth-order valence-corrected chi connectivity index (χ4v) is 2.81. The van der Waals surface area contributed by atoms with Crippen LogP contribution in [-0.2, 0) is 4.74 Å². The van der Waals surface area contributed by atoms with Crippen molar-refractivity contribution >= 4 is 17.6 Å². The van der Waals surface area contributed by atoms with Crippen LogP contribution in [0.1, 0.15) is 20.7 Å². The second kappa shape index (κ2) is 7.12. The molecule has 0 spiro atoms. The predicted octanol–water partition coefficient (Wildman–Crippen LogP) is 1.25. The minimum Gasteiger partial charge on any atom is -0.465 e. The number of aromatic nitrogens is 1. The van der Waals surface area contributed by atoms with E-state index in [1.54, 1.807) is 24.3 Å². The molecule has 2 aromatic rings. The van der Waals surface area contributed by atoms with Crippen molar-refractivity contribution in [1.29, 1.82) is 0 Å². The molecule has 1 aliphatic rings. The molecule has 0 saturated carbocycles. The first kappa shape index (κ1) is 16.0. The van der Waals surface area contributed by atoms with Gasteiger partial charge < -0.3 is 14.5 Å². The van der Waals surface area contributed by atoms with Crippen LogP contribution in [0.15, 0.2) is 48.8 Å². The second-order valence-electron chi connectivity index (χ2n) is 5.61. The Labute approximate surface area is 140 Å². The van der Waals surface area contributed by atoms with E-state index >= 15 is 0 Å². The quantitative estimate of drug-likeness (QED) is 0.797. The second-order valence-corrected chi connectivity index (χ2v) is 5.61. The summed E-state index contributed by atoms with van der Waals surface area (Å²) in [6.45, 7) is 2.96. The Kier molecular flexibility index (Phi) is 4.74. The van der Waals surface area contributed by atoms with Crippen LogP contribution >= 0.6 is 0 Å². The number of piperazine rings is 1. The lowest BCUT2D eigenvalue weighted by Crippen LogP contribution is -2.48. The van der Waals surface area contributed by atoms with Crippen molar-refractivity contribution in [3.8, 4) is 0 Å². The van der Waals surface area contributed by atoms with Gasteiger partial charge in [-0.15, -0.1) is 0 Å². The summed E-state index contributed by atoms with van der Waals surface area (Å²) in [5.74, 6) is -0.407. The van der Waals surface area contributed by atoms with E-state index in [0.29, 0.717) is 24.2 Å². The maximum Gasteiger partial charge on any atom is 0.337 e. The van der Waals surface area contributed by atoms with Crippen LogP contribution in [0.25, 0.3) is 0 Å². The fraction of sp³-hybridized carbons (Fsp3) is 0.278. The van der Waals surface area contributed by atoms with Crippen molar-refractivity contribution in [2.45, 2.75) is 0 Å². The summed E-state index contributed by atoms with van der Waals surface area (Å²) >= 11 is 0. The fourth-order valence-electron chi connectivity index (χ4n) is 2.81. The number of aromatic amines is 1. The van der Waals surface area contributed by atoms with Gasteiger partial charge in [0.05, 0.1) is 12.7 Å². The topological polar surface area (TPSA) is 64.0 Å². The highest BCUT2D eigenvalue weighted by molar-refractivity contribution is 5.96. The van der Waals surface area contributed by atoms with Gasteiger partial charge in [-0.25, -0.2) is 9.78 Å². The lowest BCUT2D eigenvalue weighted by atomic mass is 10.1. The van der Waals surface area contributed by atoms with Gasteiger partial charge in [-0.2, -0.15) is 0 Å². The van der Waals surface area contributed by atoms with Crippen LogP contribution in [0.4, 0.5) is 5.69 Å². The number of methoxy groups -OCH3 is 1. The molecule has 3 rings (SSSR count). The summed E-state index contributed by atoms with van der Waals surface area (Å²) in [7, 11) is 1.34. The normalized spacial score (nSPS) is 14.4. The van der Waals surface area contributed by atoms with Crippen molar-refractivity contribution in [2.24, 2.45) is 0 Å². The largest absolute Gasteiger partial charge is 0.465 e. The maximum atomic E-state index is 12.6. The molecule has 24 heavy (non-hydrogen) atoms. The number of hydrogen-bond acceptors (Lipinski definition) is 4. The summed E-state index contributed by atoms with van der Waals surface area (Å²) in [6.07, 6.45) is 3.80. The Morgan fingerprint density at radius 3 is 2.08 bits per heavy atom. The number of ether oxygens (including phenoxy) is 1. The van der Waals surface area contributed by atoms with E-state index in [0.717, 1.165) is 18.8 Å². The number of nitrogens with one attached hydrogen (secondary N) is 1. The van der Waals surface area contributed by atoms with Crippen molar-refractivity contribution < 1.29 is 19.3 Å². The van der Waals surface area contributed by atoms with Crippen LogP contribution in [0, 0.1) is 0 Å². The highest BCUT2D eigenvalue weighted by atomic mass is 16.5. The number of esters is 1. The zero-order chi connectivity index (χ0) is 16.9. The van der Waals surface area contributed by atoms with E-state index < -0.39 is 5.97 Å². The van der Waals surface area contributed by atoms with Gasteiger partial charge in [-0.3, -0.25) is 4.79 Å². The number of H-pyrrole nitrogens is 1. The minimum absolute atomic E-state index is 0.00698. The Balaban J connectivity index is 1.62. The number of carbonyl (C=O) groups excluding carboxylic acids is 2. The smallest absolute Gasteiger partial charge is 0.337 e. The number of hydrogen-bond donors (Lipinski definition) is 0. The van der Waals surface area contributed by atoms with E-state index in [-0.39, 0.29) is 5.91 Å². The predicted molar refractivity (Wildman–Crippen MR) is 88.9 cm³/mol. The van der Waals surface area contributed by atoms with Gasteiger partial charge in [0.1, 0.15) is 0 Å². The van der Waals surface area contributed by atoms with Gasteiger partial charge in [0.2, 0.25) is 0 Å². The van der Waals surface area contributed by atoms with Crippen LogP contribution in [0.2, 0.25) is 0 Å². The molecule has 0 atom stereocenters. The number of amides is 1. The van der Waals surface area contributed by atoms with E-state index in [1.165, 1.54) is 7.11 Å². The van der Waals surface area contributed by atoms with Crippen molar-refractivity contribution in [3.05, 3.63) is 59.9 Å². The van der Waals surface area contributed by atoms with Gasteiger partial charge in [0.15, 0.2) is 12.4 Å². The molecule has 1 amide bonds. The summed E-state index contributed by atoms with van der Waals surface area (Å²) in [5.41, 5.74) is 2.19. The third-order valence-electron chi connectivity index (χ3n) is 4.19. The van der Waals surface area contributed by atoms with Crippen molar-refractivity contribution in [2.75, 3.05) is 38.2 Å². The van der Waals surface area contributed by atoms with Crippen LogP contribution in [0.5, 0.6) is 0 Å². The van der Waals surface area contributed by atoms with Gasteiger partial charge in [-0.05, 0) is 24.3 Å². The molecular weight excluding hydrogens is 306 g/mol. The zero-order valence-electron chi connectivity index (χ0n) is 13.6. The number of nitrogens with zero attached hydrogens (tertiary/aromatic N) is 2. The van der Waals surface area contributed by atoms with Crippen molar-refractivity contribution in [1.82, 2.24) is 4.90 Å². The van der Waals surface area contributed by atoms with Crippen LogP contribution in [0.3, 0.4) is 0 Å². The number of anilines is 1. The first-order valence-electron chi connectivity index (χ1n) is 7.88. The van der Waals surface area contributed by atoms with Gasteiger partial charge in [0, 0.05) is 49.6 Å². The molecule has 0 unspecified atom stereocenters. The summed E-state index contributed by atoms with van der Waals surface area (Å²) < 4.78 is 4.66. The molecule has 1 N–H and O–H groups in total. The molecular formula is C18H20N3O3+. The molecule has 6 heteroatoms. The van der Waals surface area contributed by atoms with Gasteiger partial charge >= 0.3 is 5.97 Å². The van der Waals surface area contributed by atoms with E-state index in [4.69, 9.17) is 0 Å². The van der Waals surface area contributed by atoms with Crippen LogP contribution < -0.4 is 9.88 Å². The summed E-state index contributed by atoms with van der Waals surface area (Å²) in [4.78, 5) is 31.1.